The summed E-state index contributed by atoms with van der Waals surface area (Å²) in [6, 6.07) is 8.65. The molecule has 2 aromatic rings. The van der Waals surface area contributed by atoms with Crippen LogP contribution in [0.2, 0.25) is 0 Å². The second-order valence-electron chi connectivity index (χ2n) is 5.79. The summed E-state index contributed by atoms with van der Waals surface area (Å²) in [4.78, 5) is 13.9. The highest BCUT2D eigenvalue weighted by atomic mass is 15.2. The number of benzene rings is 1. The van der Waals surface area contributed by atoms with Gasteiger partial charge < -0.3 is 9.80 Å². The Morgan fingerprint density at radius 2 is 1.81 bits per heavy atom. The molecule has 1 aliphatic rings. The molecule has 4 heteroatoms. The minimum Gasteiger partial charge on any atom is -0.369 e. The van der Waals surface area contributed by atoms with E-state index in [-0.39, 0.29) is 0 Å². The van der Waals surface area contributed by atoms with Crippen molar-refractivity contribution in [1.82, 2.24) is 14.9 Å². The van der Waals surface area contributed by atoms with Gasteiger partial charge in [-0.1, -0.05) is 12.1 Å². The number of anilines is 1. The maximum absolute atomic E-state index is 4.56. The lowest BCUT2D eigenvalue weighted by Crippen LogP contribution is -2.44. The molecule has 1 saturated heterocycles. The van der Waals surface area contributed by atoms with Crippen LogP contribution in [0.1, 0.15) is 11.4 Å². The highest BCUT2D eigenvalue weighted by molar-refractivity contribution is 5.67. The van der Waals surface area contributed by atoms with E-state index in [2.05, 4.69) is 51.1 Å². The molecular weight excluding hydrogens is 260 g/mol. The Balaban J connectivity index is 1.89. The number of nitrogens with zero attached hydrogens (tertiary/aromatic N) is 4. The molecule has 0 saturated carbocycles. The van der Waals surface area contributed by atoms with Gasteiger partial charge in [-0.15, -0.1) is 0 Å². The molecule has 3 rings (SSSR count). The monoisotopic (exact) mass is 282 g/mol. The van der Waals surface area contributed by atoms with Crippen molar-refractivity contribution in [2.45, 2.75) is 13.8 Å². The second kappa shape index (κ2) is 5.82. The first-order chi connectivity index (χ1) is 10.1. The standard InChI is InChI=1S/C17H22N4/c1-13-12-18-17(14(2)19-13)15-5-4-6-16(11-15)21-9-7-20(3)8-10-21/h4-6,11-12H,7-10H2,1-3H3. The number of hydrogen-bond donors (Lipinski definition) is 0. The molecule has 0 unspecified atom stereocenters. The fraction of sp³-hybridized carbons (Fsp3) is 0.412. The van der Waals surface area contributed by atoms with Crippen molar-refractivity contribution in [2.75, 3.05) is 38.1 Å². The van der Waals surface area contributed by atoms with Crippen molar-refractivity contribution >= 4 is 5.69 Å². The fourth-order valence-corrected chi connectivity index (χ4v) is 2.80. The maximum atomic E-state index is 4.56. The van der Waals surface area contributed by atoms with E-state index in [0.29, 0.717) is 0 Å². The van der Waals surface area contributed by atoms with Gasteiger partial charge in [-0.25, -0.2) is 0 Å². The summed E-state index contributed by atoms with van der Waals surface area (Å²) in [6.45, 7) is 8.40. The van der Waals surface area contributed by atoms with Crippen LogP contribution in [0.5, 0.6) is 0 Å². The summed E-state index contributed by atoms with van der Waals surface area (Å²) >= 11 is 0. The van der Waals surface area contributed by atoms with Crippen molar-refractivity contribution in [2.24, 2.45) is 0 Å². The van der Waals surface area contributed by atoms with Gasteiger partial charge in [0.15, 0.2) is 0 Å². The molecule has 21 heavy (non-hydrogen) atoms. The summed E-state index contributed by atoms with van der Waals surface area (Å²) in [5.74, 6) is 0. The lowest BCUT2D eigenvalue weighted by atomic mass is 10.1. The molecule has 1 aromatic carbocycles. The minimum absolute atomic E-state index is 0.964. The number of aromatic nitrogens is 2. The molecule has 110 valence electrons. The average Bonchev–Trinajstić information content (AvgIpc) is 2.48. The number of rotatable bonds is 2. The van der Waals surface area contributed by atoms with Crippen LogP contribution in [-0.4, -0.2) is 48.1 Å². The SMILES string of the molecule is Cc1cnc(-c2cccc(N3CCN(C)CC3)c2)c(C)n1. The Bertz CT molecular complexity index is 630. The number of likely N-dealkylation sites (N-methyl/N-ethyl adjacent to an activating group) is 1. The molecule has 1 aromatic heterocycles. The van der Waals surface area contributed by atoms with Crippen LogP contribution in [0, 0.1) is 13.8 Å². The van der Waals surface area contributed by atoms with E-state index >= 15 is 0 Å². The van der Waals surface area contributed by atoms with Gasteiger partial charge in [0, 0.05) is 43.6 Å². The molecule has 1 fully saturated rings. The third-order valence-electron chi connectivity index (χ3n) is 4.06. The van der Waals surface area contributed by atoms with Crippen molar-refractivity contribution in [1.29, 1.82) is 0 Å². The number of piperazine rings is 1. The molecule has 0 aliphatic carbocycles. The van der Waals surface area contributed by atoms with Crippen molar-refractivity contribution in [3.63, 3.8) is 0 Å². The van der Waals surface area contributed by atoms with E-state index in [1.54, 1.807) is 0 Å². The lowest BCUT2D eigenvalue weighted by Gasteiger charge is -2.34. The molecule has 0 N–H and O–H groups in total. The van der Waals surface area contributed by atoms with Gasteiger partial charge in [-0.2, -0.15) is 0 Å². The molecule has 0 bridgehead atoms. The Morgan fingerprint density at radius 1 is 1.05 bits per heavy atom. The zero-order chi connectivity index (χ0) is 14.8. The van der Waals surface area contributed by atoms with Gasteiger partial charge in [-0.05, 0) is 33.0 Å². The van der Waals surface area contributed by atoms with Gasteiger partial charge in [-0.3, -0.25) is 9.97 Å². The second-order valence-corrected chi connectivity index (χ2v) is 5.79. The van der Waals surface area contributed by atoms with E-state index in [9.17, 15) is 0 Å². The van der Waals surface area contributed by atoms with Gasteiger partial charge in [0.1, 0.15) is 0 Å². The smallest absolute Gasteiger partial charge is 0.0915 e. The van der Waals surface area contributed by atoms with Crippen LogP contribution in [0.3, 0.4) is 0 Å². The summed E-state index contributed by atoms with van der Waals surface area (Å²) in [5.41, 5.74) is 5.37. The van der Waals surface area contributed by atoms with E-state index in [1.165, 1.54) is 5.69 Å². The Hall–Kier alpha value is -1.94. The van der Waals surface area contributed by atoms with Crippen LogP contribution < -0.4 is 4.90 Å². The Labute approximate surface area is 126 Å². The predicted molar refractivity (Wildman–Crippen MR) is 86.7 cm³/mol. The van der Waals surface area contributed by atoms with Gasteiger partial charge in [0.05, 0.1) is 17.1 Å². The molecule has 2 heterocycles. The number of hydrogen-bond acceptors (Lipinski definition) is 4. The first-order valence-corrected chi connectivity index (χ1v) is 7.47. The summed E-state index contributed by atoms with van der Waals surface area (Å²) < 4.78 is 0. The van der Waals surface area contributed by atoms with Crippen LogP contribution in [-0.2, 0) is 0 Å². The third-order valence-corrected chi connectivity index (χ3v) is 4.06. The molecular formula is C17H22N4. The topological polar surface area (TPSA) is 32.3 Å². The van der Waals surface area contributed by atoms with Crippen molar-refractivity contribution in [3.8, 4) is 11.3 Å². The summed E-state index contributed by atoms with van der Waals surface area (Å²) in [7, 11) is 2.18. The quantitative estimate of drug-likeness (QED) is 0.847. The normalized spacial score (nSPS) is 16.2. The zero-order valence-corrected chi connectivity index (χ0v) is 13.0. The summed E-state index contributed by atoms with van der Waals surface area (Å²) in [5, 5.41) is 0. The van der Waals surface area contributed by atoms with Gasteiger partial charge >= 0.3 is 0 Å². The maximum Gasteiger partial charge on any atom is 0.0915 e. The van der Waals surface area contributed by atoms with Gasteiger partial charge in [0.2, 0.25) is 0 Å². The lowest BCUT2D eigenvalue weighted by molar-refractivity contribution is 0.313. The van der Waals surface area contributed by atoms with E-state index < -0.39 is 0 Å². The largest absolute Gasteiger partial charge is 0.369 e. The molecule has 4 nitrogen and oxygen atoms in total. The van der Waals surface area contributed by atoms with Gasteiger partial charge in [0.25, 0.3) is 0 Å². The minimum atomic E-state index is 0.964. The number of aryl methyl sites for hydroxylation is 2. The van der Waals surface area contributed by atoms with E-state index in [4.69, 9.17) is 0 Å². The van der Waals surface area contributed by atoms with E-state index in [1.807, 2.05) is 20.0 Å². The Kier molecular flexibility index (Phi) is 3.88. The highest BCUT2D eigenvalue weighted by Crippen LogP contribution is 2.25. The summed E-state index contributed by atoms with van der Waals surface area (Å²) in [6.07, 6.45) is 1.84. The highest BCUT2D eigenvalue weighted by Gasteiger charge is 2.15. The first-order valence-electron chi connectivity index (χ1n) is 7.47. The van der Waals surface area contributed by atoms with Crippen LogP contribution in [0.25, 0.3) is 11.3 Å². The van der Waals surface area contributed by atoms with E-state index in [0.717, 1.165) is 48.8 Å². The van der Waals surface area contributed by atoms with Crippen LogP contribution >= 0.6 is 0 Å². The molecule has 0 spiro atoms. The Morgan fingerprint density at radius 3 is 2.52 bits per heavy atom. The first kappa shape index (κ1) is 14.0. The van der Waals surface area contributed by atoms with Crippen molar-refractivity contribution < 1.29 is 0 Å². The average molecular weight is 282 g/mol. The van der Waals surface area contributed by atoms with Crippen LogP contribution in [0.15, 0.2) is 30.5 Å². The predicted octanol–water partition coefficient (Wildman–Crippen LogP) is 2.51. The van der Waals surface area contributed by atoms with Crippen LogP contribution in [0.4, 0.5) is 5.69 Å². The zero-order valence-electron chi connectivity index (χ0n) is 13.0. The molecule has 0 atom stereocenters. The fourth-order valence-electron chi connectivity index (χ4n) is 2.80. The molecule has 0 amide bonds. The third kappa shape index (κ3) is 3.05. The molecule has 0 radical (unpaired) electrons. The molecule has 1 aliphatic heterocycles. The van der Waals surface area contributed by atoms with Crippen molar-refractivity contribution in [3.05, 3.63) is 41.9 Å².